The molecule has 0 unspecified atom stereocenters. The number of rotatable bonds is 5. The van der Waals surface area contributed by atoms with Crippen molar-refractivity contribution < 1.29 is 9.63 Å². The second-order valence-corrected chi connectivity index (χ2v) is 7.94. The third-order valence-electron chi connectivity index (χ3n) is 5.90. The molecule has 1 atom stereocenters. The smallest absolute Gasteiger partial charge is 0.254 e. The number of benzene rings is 2. The van der Waals surface area contributed by atoms with Gasteiger partial charge < -0.3 is 14.6 Å². The van der Waals surface area contributed by atoms with E-state index in [4.69, 9.17) is 4.84 Å². The lowest BCUT2D eigenvalue weighted by atomic mass is 10.0. The van der Waals surface area contributed by atoms with Crippen LogP contribution in [-0.4, -0.2) is 60.7 Å². The Morgan fingerprint density at radius 3 is 2.38 bits per heavy atom. The van der Waals surface area contributed by atoms with Gasteiger partial charge in [0.05, 0.1) is 18.3 Å². The van der Waals surface area contributed by atoms with E-state index in [1.807, 2.05) is 47.4 Å². The predicted octanol–water partition coefficient (Wildman–Crippen LogP) is 4.06. The topological polar surface area (TPSA) is 45.1 Å². The summed E-state index contributed by atoms with van der Waals surface area (Å²) >= 11 is 0. The molecule has 0 spiro atoms. The normalized spacial score (nSPS) is 21.5. The molecular formula is C24H29N3O2. The van der Waals surface area contributed by atoms with Gasteiger partial charge in [0.25, 0.3) is 5.91 Å². The molecule has 2 saturated heterocycles. The lowest BCUT2D eigenvalue weighted by Crippen LogP contribution is -2.44. The Kier molecular flexibility index (Phi) is 6.25. The molecule has 2 heterocycles. The molecular weight excluding hydrogens is 362 g/mol. The molecule has 0 aliphatic carbocycles. The molecule has 0 bridgehead atoms. The number of hydrogen-bond donors (Lipinski definition) is 0. The average molecular weight is 392 g/mol. The van der Waals surface area contributed by atoms with Crippen molar-refractivity contribution in [1.82, 2.24) is 9.80 Å². The highest BCUT2D eigenvalue weighted by Gasteiger charge is 2.35. The number of hydrogen-bond acceptors (Lipinski definition) is 4. The van der Waals surface area contributed by atoms with Crippen LogP contribution in [0.15, 0.2) is 59.8 Å². The lowest BCUT2D eigenvalue weighted by Gasteiger charge is -2.32. The van der Waals surface area contributed by atoms with Crippen LogP contribution in [-0.2, 0) is 4.84 Å². The first-order valence-corrected chi connectivity index (χ1v) is 10.5. The highest BCUT2D eigenvalue weighted by molar-refractivity contribution is 6.00. The molecule has 2 aliphatic rings. The van der Waals surface area contributed by atoms with Crippen LogP contribution in [0.1, 0.15) is 36.0 Å². The first-order valence-electron chi connectivity index (χ1n) is 10.5. The minimum atomic E-state index is 0.0768. The maximum atomic E-state index is 13.3. The van der Waals surface area contributed by atoms with Crippen molar-refractivity contribution >= 4 is 11.6 Å². The molecule has 1 amide bonds. The molecule has 2 aromatic rings. The number of piperidine rings is 1. The van der Waals surface area contributed by atoms with Crippen molar-refractivity contribution in [1.29, 1.82) is 0 Å². The molecule has 152 valence electrons. The number of carbonyl (C=O) groups is 1. The summed E-state index contributed by atoms with van der Waals surface area (Å²) in [6.07, 6.45) is 4.60. The molecule has 5 nitrogen and oxygen atoms in total. The number of likely N-dealkylation sites (tertiary alicyclic amines) is 2. The highest BCUT2D eigenvalue weighted by Crippen LogP contribution is 2.24. The van der Waals surface area contributed by atoms with Crippen LogP contribution in [0.3, 0.4) is 0 Å². The van der Waals surface area contributed by atoms with Gasteiger partial charge in [0, 0.05) is 18.5 Å². The van der Waals surface area contributed by atoms with Crippen molar-refractivity contribution in [3.8, 4) is 11.1 Å². The molecule has 0 N–H and O–H groups in total. The van der Waals surface area contributed by atoms with E-state index in [0.717, 1.165) is 48.5 Å². The van der Waals surface area contributed by atoms with Crippen LogP contribution >= 0.6 is 0 Å². The van der Waals surface area contributed by atoms with Gasteiger partial charge in [-0.3, -0.25) is 4.79 Å². The fourth-order valence-electron chi connectivity index (χ4n) is 4.41. The maximum Gasteiger partial charge on any atom is 0.254 e. The molecule has 2 aliphatic heterocycles. The van der Waals surface area contributed by atoms with E-state index >= 15 is 0 Å². The minimum absolute atomic E-state index is 0.0768. The second kappa shape index (κ2) is 9.23. The van der Waals surface area contributed by atoms with Gasteiger partial charge in [-0.05, 0) is 49.2 Å². The Labute approximate surface area is 173 Å². The van der Waals surface area contributed by atoms with Crippen molar-refractivity contribution in [3.05, 3.63) is 60.2 Å². The van der Waals surface area contributed by atoms with E-state index in [1.165, 1.54) is 19.3 Å². The molecule has 0 radical (unpaired) electrons. The molecule has 0 aromatic heterocycles. The van der Waals surface area contributed by atoms with Crippen LogP contribution in [0, 0.1) is 0 Å². The van der Waals surface area contributed by atoms with Gasteiger partial charge in [-0.25, -0.2) is 0 Å². The Bertz CT molecular complexity index is 842. The van der Waals surface area contributed by atoms with E-state index in [-0.39, 0.29) is 11.9 Å². The van der Waals surface area contributed by atoms with Gasteiger partial charge in [0.2, 0.25) is 0 Å². The Hall–Kier alpha value is -2.66. The summed E-state index contributed by atoms with van der Waals surface area (Å²) in [7, 11) is 1.57. The van der Waals surface area contributed by atoms with E-state index in [9.17, 15) is 4.79 Å². The molecule has 2 aromatic carbocycles. The Balaban J connectivity index is 1.50. The molecule has 2 fully saturated rings. The van der Waals surface area contributed by atoms with Crippen molar-refractivity contribution in [2.75, 3.05) is 33.3 Å². The van der Waals surface area contributed by atoms with Crippen LogP contribution < -0.4 is 0 Å². The monoisotopic (exact) mass is 391 g/mol. The fraction of sp³-hybridized carbons (Fsp3) is 0.417. The summed E-state index contributed by atoms with van der Waals surface area (Å²) in [5.41, 5.74) is 3.95. The van der Waals surface area contributed by atoms with E-state index in [0.29, 0.717) is 6.54 Å². The molecule has 29 heavy (non-hydrogen) atoms. The van der Waals surface area contributed by atoms with E-state index < -0.39 is 0 Å². The van der Waals surface area contributed by atoms with Gasteiger partial charge in [-0.1, -0.05) is 54.0 Å². The first-order chi connectivity index (χ1) is 14.2. The largest absolute Gasteiger partial charge is 0.399 e. The van der Waals surface area contributed by atoms with Crippen LogP contribution in [0.2, 0.25) is 0 Å². The summed E-state index contributed by atoms with van der Waals surface area (Å²) in [6, 6.07) is 18.3. The van der Waals surface area contributed by atoms with Crippen LogP contribution in [0.25, 0.3) is 11.1 Å². The van der Waals surface area contributed by atoms with Gasteiger partial charge in [0.1, 0.15) is 7.11 Å². The zero-order valence-corrected chi connectivity index (χ0v) is 17.1. The summed E-state index contributed by atoms with van der Waals surface area (Å²) in [5.74, 6) is 0.0768. The standard InChI is InChI=1S/C24H29N3O2/c1-29-25-22-16-23(18-26-14-6-3-7-15-26)27(17-22)24(28)21-12-10-20(11-13-21)19-8-4-2-5-9-19/h2,4-5,8-13,23H,3,6-7,14-18H2,1H3/b25-22+/t23-/m0/s1. The summed E-state index contributed by atoms with van der Waals surface area (Å²) in [5, 5.41) is 4.15. The summed E-state index contributed by atoms with van der Waals surface area (Å²) in [4.78, 5) is 22.8. The van der Waals surface area contributed by atoms with Gasteiger partial charge >= 0.3 is 0 Å². The lowest BCUT2D eigenvalue weighted by molar-refractivity contribution is 0.0693. The van der Waals surface area contributed by atoms with Gasteiger partial charge in [-0.15, -0.1) is 0 Å². The zero-order chi connectivity index (χ0) is 20.1. The van der Waals surface area contributed by atoms with E-state index in [2.05, 4.69) is 22.2 Å². The third kappa shape index (κ3) is 4.67. The third-order valence-corrected chi connectivity index (χ3v) is 5.90. The highest BCUT2D eigenvalue weighted by atomic mass is 16.6. The van der Waals surface area contributed by atoms with Gasteiger partial charge in [-0.2, -0.15) is 0 Å². The Morgan fingerprint density at radius 1 is 1.00 bits per heavy atom. The van der Waals surface area contributed by atoms with Crippen LogP contribution in [0.5, 0.6) is 0 Å². The first kappa shape index (κ1) is 19.6. The molecule has 0 saturated carbocycles. The summed E-state index contributed by atoms with van der Waals surface area (Å²) < 4.78 is 0. The fourth-order valence-corrected chi connectivity index (χ4v) is 4.41. The molecule has 4 rings (SSSR count). The SMILES string of the molecule is CO/N=C1\C[C@@H](CN2CCCCC2)N(C(=O)c2ccc(-c3ccccc3)cc2)C1. The number of amides is 1. The zero-order valence-electron chi connectivity index (χ0n) is 17.1. The molecule has 5 heteroatoms. The van der Waals surface area contributed by atoms with Crippen molar-refractivity contribution in [3.63, 3.8) is 0 Å². The maximum absolute atomic E-state index is 13.3. The average Bonchev–Trinajstić information content (AvgIpc) is 3.17. The van der Waals surface area contributed by atoms with Gasteiger partial charge in [0.15, 0.2) is 0 Å². The van der Waals surface area contributed by atoms with E-state index in [1.54, 1.807) is 7.11 Å². The quantitative estimate of drug-likeness (QED) is 0.722. The Morgan fingerprint density at radius 2 is 1.69 bits per heavy atom. The van der Waals surface area contributed by atoms with Crippen molar-refractivity contribution in [2.24, 2.45) is 5.16 Å². The number of carbonyl (C=O) groups excluding carboxylic acids is 1. The van der Waals surface area contributed by atoms with Crippen LogP contribution in [0.4, 0.5) is 0 Å². The number of nitrogens with zero attached hydrogens (tertiary/aromatic N) is 3. The number of oxime groups is 1. The van der Waals surface area contributed by atoms with Crippen molar-refractivity contribution in [2.45, 2.75) is 31.7 Å². The second-order valence-electron chi connectivity index (χ2n) is 7.94. The minimum Gasteiger partial charge on any atom is -0.399 e. The predicted molar refractivity (Wildman–Crippen MR) is 116 cm³/mol. The summed E-state index contributed by atoms with van der Waals surface area (Å²) in [6.45, 7) is 3.71.